The number of halogens is 1. The first-order valence-corrected chi connectivity index (χ1v) is 8.42. The molecule has 1 aliphatic rings. The van der Waals surface area contributed by atoms with E-state index in [1.165, 1.54) is 0 Å². The maximum atomic E-state index is 10.1. The summed E-state index contributed by atoms with van der Waals surface area (Å²) >= 11 is 7.89. The van der Waals surface area contributed by atoms with Crippen LogP contribution in [0.15, 0.2) is 24.3 Å². The van der Waals surface area contributed by atoms with Crippen LogP contribution in [0.2, 0.25) is 5.02 Å². The number of aromatic nitrogens is 1. The molecule has 5 heteroatoms. The quantitative estimate of drug-likeness (QED) is 0.912. The summed E-state index contributed by atoms with van der Waals surface area (Å²) in [5, 5.41) is 11.8. The molecule has 0 aliphatic heterocycles. The molecule has 0 amide bonds. The number of anilines is 1. The topological polar surface area (TPSA) is 36.4 Å². The molecular formula is C16H19ClN2OS. The lowest BCUT2D eigenvalue weighted by atomic mass is 10.0. The van der Waals surface area contributed by atoms with Crippen LogP contribution in [0, 0.1) is 0 Å². The van der Waals surface area contributed by atoms with Crippen molar-refractivity contribution in [2.75, 3.05) is 11.9 Å². The number of thiazole rings is 1. The van der Waals surface area contributed by atoms with Crippen molar-refractivity contribution in [1.29, 1.82) is 0 Å². The van der Waals surface area contributed by atoms with E-state index in [2.05, 4.69) is 11.8 Å². The third-order valence-electron chi connectivity index (χ3n) is 4.15. The summed E-state index contributed by atoms with van der Waals surface area (Å²) in [4.78, 5) is 7.89. The maximum Gasteiger partial charge on any atom is 0.186 e. The minimum absolute atomic E-state index is 0.142. The molecule has 0 fully saturated rings. The van der Waals surface area contributed by atoms with Crippen molar-refractivity contribution in [1.82, 2.24) is 4.98 Å². The fourth-order valence-corrected chi connectivity index (χ4v) is 4.19. The molecule has 1 aliphatic carbocycles. The van der Waals surface area contributed by atoms with Crippen LogP contribution in [0.25, 0.3) is 0 Å². The Morgan fingerprint density at radius 1 is 1.43 bits per heavy atom. The summed E-state index contributed by atoms with van der Waals surface area (Å²) in [5.41, 5.74) is 2.15. The van der Waals surface area contributed by atoms with Crippen LogP contribution in [-0.4, -0.2) is 17.1 Å². The molecule has 0 radical (unpaired) electrons. The number of aryl methyl sites for hydroxylation is 1. The van der Waals surface area contributed by atoms with Gasteiger partial charge in [-0.25, -0.2) is 4.98 Å². The summed E-state index contributed by atoms with van der Waals surface area (Å²) in [7, 11) is 2.03. The highest BCUT2D eigenvalue weighted by Crippen LogP contribution is 2.39. The van der Waals surface area contributed by atoms with Gasteiger partial charge in [-0.1, -0.05) is 41.1 Å². The van der Waals surface area contributed by atoms with Gasteiger partial charge >= 0.3 is 0 Å². The van der Waals surface area contributed by atoms with Gasteiger partial charge in [-0.05, 0) is 37.8 Å². The summed E-state index contributed by atoms with van der Waals surface area (Å²) in [6, 6.07) is 8.05. The minimum atomic E-state index is -0.344. The summed E-state index contributed by atoms with van der Waals surface area (Å²) in [6.45, 7) is 2.12. The Balaban J connectivity index is 1.88. The van der Waals surface area contributed by atoms with E-state index in [1.807, 2.05) is 31.3 Å². The van der Waals surface area contributed by atoms with Crippen molar-refractivity contribution in [2.24, 2.45) is 0 Å². The van der Waals surface area contributed by atoms with Gasteiger partial charge in [0.1, 0.15) is 0 Å². The molecule has 3 nitrogen and oxygen atoms in total. The van der Waals surface area contributed by atoms with Gasteiger partial charge in [-0.2, -0.15) is 0 Å². The number of aliphatic hydroxyl groups is 1. The number of hydrogen-bond acceptors (Lipinski definition) is 4. The SMILES string of the molecule is CC(c1ccccc1Cl)N(C)c1nc2c(s1)C(O)CCC2. The van der Waals surface area contributed by atoms with E-state index in [0.29, 0.717) is 0 Å². The van der Waals surface area contributed by atoms with Crippen molar-refractivity contribution in [3.8, 4) is 0 Å². The minimum Gasteiger partial charge on any atom is -0.388 e. The molecule has 21 heavy (non-hydrogen) atoms. The highest BCUT2D eigenvalue weighted by Gasteiger charge is 2.25. The lowest BCUT2D eigenvalue weighted by Crippen LogP contribution is -2.21. The predicted octanol–water partition coefficient (Wildman–Crippen LogP) is 4.36. The summed E-state index contributed by atoms with van der Waals surface area (Å²) < 4.78 is 0. The third kappa shape index (κ3) is 2.80. The number of benzene rings is 1. The molecule has 1 aromatic carbocycles. The third-order valence-corrected chi connectivity index (χ3v) is 5.78. The Labute approximate surface area is 134 Å². The van der Waals surface area contributed by atoms with E-state index < -0.39 is 0 Å². The second kappa shape index (κ2) is 5.95. The number of rotatable bonds is 3. The monoisotopic (exact) mass is 322 g/mol. The highest BCUT2D eigenvalue weighted by molar-refractivity contribution is 7.15. The molecule has 2 unspecified atom stereocenters. The number of fused-ring (bicyclic) bond motifs is 1. The Hall–Kier alpha value is -1.10. The van der Waals surface area contributed by atoms with E-state index in [0.717, 1.165) is 45.6 Å². The molecule has 0 saturated heterocycles. The van der Waals surface area contributed by atoms with Gasteiger partial charge < -0.3 is 10.0 Å². The van der Waals surface area contributed by atoms with Crippen LogP contribution in [0.1, 0.15) is 48.0 Å². The van der Waals surface area contributed by atoms with Crippen LogP contribution in [0.5, 0.6) is 0 Å². The predicted molar refractivity (Wildman–Crippen MR) is 88.3 cm³/mol. The molecule has 0 spiro atoms. The molecule has 2 aromatic rings. The van der Waals surface area contributed by atoms with Crippen LogP contribution < -0.4 is 4.90 Å². The normalized spacial score (nSPS) is 19.1. The Morgan fingerprint density at radius 3 is 2.90 bits per heavy atom. The second-order valence-corrected chi connectivity index (χ2v) is 6.94. The molecule has 112 valence electrons. The fraction of sp³-hybridized carbons (Fsp3) is 0.438. The maximum absolute atomic E-state index is 10.1. The zero-order chi connectivity index (χ0) is 15.0. The fourth-order valence-electron chi connectivity index (χ4n) is 2.72. The van der Waals surface area contributed by atoms with E-state index in [9.17, 15) is 5.11 Å². The van der Waals surface area contributed by atoms with Crippen molar-refractivity contribution < 1.29 is 5.11 Å². The van der Waals surface area contributed by atoms with Crippen LogP contribution in [0.4, 0.5) is 5.13 Å². The van der Waals surface area contributed by atoms with E-state index in [-0.39, 0.29) is 12.1 Å². The molecule has 0 bridgehead atoms. The van der Waals surface area contributed by atoms with Gasteiger partial charge in [0.05, 0.1) is 22.7 Å². The number of hydrogen-bond donors (Lipinski definition) is 1. The molecule has 1 heterocycles. The number of aliphatic hydroxyl groups excluding tert-OH is 1. The standard InChI is InChI=1S/C16H19ClN2OS/c1-10(11-6-3-4-7-12(11)17)19(2)16-18-13-8-5-9-14(20)15(13)21-16/h3-4,6-7,10,14,20H,5,8-9H2,1-2H3. The average molecular weight is 323 g/mol. The largest absolute Gasteiger partial charge is 0.388 e. The van der Waals surface area contributed by atoms with Crippen molar-refractivity contribution in [3.63, 3.8) is 0 Å². The van der Waals surface area contributed by atoms with Crippen LogP contribution in [0.3, 0.4) is 0 Å². The van der Waals surface area contributed by atoms with Gasteiger partial charge in [-0.15, -0.1) is 0 Å². The first-order valence-electron chi connectivity index (χ1n) is 7.23. The first kappa shape index (κ1) is 14.8. The van der Waals surface area contributed by atoms with E-state index in [1.54, 1.807) is 11.3 Å². The van der Waals surface area contributed by atoms with Gasteiger partial charge in [0.2, 0.25) is 0 Å². The molecule has 2 atom stereocenters. The van der Waals surface area contributed by atoms with Gasteiger partial charge in [-0.3, -0.25) is 0 Å². The zero-order valence-electron chi connectivity index (χ0n) is 12.2. The molecular weight excluding hydrogens is 304 g/mol. The van der Waals surface area contributed by atoms with Gasteiger partial charge in [0, 0.05) is 12.1 Å². The first-order chi connectivity index (χ1) is 10.1. The molecule has 1 N–H and O–H groups in total. The lowest BCUT2D eigenvalue weighted by Gasteiger charge is -2.25. The van der Waals surface area contributed by atoms with Gasteiger partial charge in [0.15, 0.2) is 5.13 Å². The Bertz CT molecular complexity index is 643. The Kier molecular flexibility index (Phi) is 4.20. The van der Waals surface area contributed by atoms with E-state index >= 15 is 0 Å². The smallest absolute Gasteiger partial charge is 0.186 e. The van der Waals surface area contributed by atoms with Crippen molar-refractivity contribution >= 4 is 28.1 Å². The molecule has 1 aromatic heterocycles. The van der Waals surface area contributed by atoms with Gasteiger partial charge in [0.25, 0.3) is 0 Å². The summed E-state index contributed by atoms with van der Waals surface area (Å²) in [5.74, 6) is 0. The molecule has 3 rings (SSSR count). The Morgan fingerprint density at radius 2 is 2.19 bits per heavy atom. The number of nitrogens with zero attached hydrogens (tertiary/aromatic N) is 2. The van der Waals surface area contributed by atoms with E-state index in [4.69, 9.17) is 16.6 Å². The van der Waals surface area contributed by atoms with Crippen LogP contribution in [-0.2, 0) is 6.42 Å². The zero-order valence-corrected chi connectivity index (χ0v) is 13.8. The van der Waals surface area contributed by atoms with Crippen molar-refractivity contribution in [3.05, 3.63) is 45.4 Å². The highest BCUT2D eigenvalue weighted by atomic mass is 35.5. The van der Waals surface area contributed by atoms with Crippen LogP contribution >= 0.6 is 22.9 Å². The summed E-state index contributed by atoms with van der Waals surface area (Å²) in [6.07, 6.45) is 2.49. The average Bonchev–Trinajstić information content (AvgIpc) is 2.92. The second-order valence-electron chi connectivity index (χ2n) is 5.52. The lowest BCUT2D eigenvalue weighted by molar-refractivity contribution is 0.160. The van der Waals surface area contributed by atoms with Crippen molar-refractivity contribution in [2.45, 2.75) is 38.3 Å². The molecule has 0 saturated carbocycles.